The van der Waals surface area contributed by atoms with E-state index < -0.39 is 4.92 Å². The van der Waals surface area contributed by atoms with Crippen LogP contribution in [0, 0.1) is 24.0 Å². The van der Waals surface area contributed by atoms with Gasteiger partial charge in [0.1, 0.15) is 0 Å². The van der Waals surface area contributed by atoms with E-state index in [4.69, 9.17) is 0 Å². The van der Waals surface area contributed by atoms with Gasteiger partial charge in [0.15, 0.2) is 0 Å². The molecule has 5 heteroatoms. The zero-order valence-electron chi connectivity index (χ0n) is 14.0. The van der Waals surface area contributed by atoms with Crippen LogP contribution in [0.3, 0.4) is 0 Å². The van der Waals surface area contributed by atoms with Crippen molar-refractivity contribution in [2.45, 2.75) is 33.1 Å². The van der Waals surface area contributed by atoms with E-state index in [-0.39, 0.29) is 18.0 Å². The molecule has 0 saturated carbocycles. The lowest BCUT2D eigenvalue weighted by atomic mass is 10.0. The first kappa shape index (κ1) is 17.7. The maximum Gasteiger partial charge on any atom is 0.269 e. The molecule has 0 aliphatic carbocycles. The van der Waals surface area contributed by atoms with Gasteiger partial charge in [0, 0.05) is 18.7 Å². The Balaban J connectivity index is 1.74. The molecule has 0 spiro atoms. The van der Waals surface area contributed by atoms with Gasteiger partial charge in [-0.05, 0) is 43.4 Å². The van der Waals surface area contributed by atoms with Crippen LogP contribution in [0.15, 0.2) is 42.5 Å². The van der Waals surface area contributed by atoms with Gasteiger partial charge in [0.25, 0.3) is 5.69 Å². The number of nitrogens with one attached hydrogen (secondary N) is 1. The Morgan fingerprint density at radius 3 is 2.46 bits per heavy atom. The molecule has 0 fully saturated rings. The Labute approximate surface area is 141 Å². The SMILES string of the molecule is Cc1ccc(CCCNC(=O)Cc2ccc([N+](=O)[O-])cc2)c(C)c1. The van der Waals surface area contributed by atoms with Gasteiger partial charge in [-0.1, -0.05) is 35.9 Å². The molecule has 126 valence electrons. The standard InChI is InChI=1S/C19H22N2O3/c1-14-5-8-17(15(2)12-14)4-3-11-20-19(22)13-16-6-9-18(10-7-16)21(23)24/h5-10,12H,3-4,11,13H2,1-2H3,(H,20,22). The third-order valence-electron chi connectivity index (χ3n) is 3.95. The maximum absolute atomic E-state index is 11.9. The largest absolute Gasteiger partial charge is 0.356 e. The number of nitro benzene ring substituents is 1. The summed E-state index contributed by atoms with van der Waals surface area (Å²) < 4.78 is 0. The van der Waals surface area contributed by atoms with Crippen LogP contribution < -0.4 is 5.32 Å². The lowest BCUT2D eigenvalue weighted by Crippen LogP contribution is -2.26. The summed E-state index contributed by atoms with van der Waals surface area (Å²) in [5.41, 5.74) is 4.66. The van der Waals surface area contributed by atoms with E-state index in [2.05, 4.69) is 37.4 Å². The van der Waals surface area contributed by atoms with Crippen molar-refractivity contribution >= 4 is 11.6 Å². The smallest absolute Gasteiger partial charge is 0.269 e. The van der Waals surface area contributed by atoms with Crippen LogP contribution in [0.4, 0.5) is 5.69 Å². The van der Waals surface area contributed by atoms with Gasteiger partial charge in [-0.25, -0.2) is 0 Å². The molecule has 0 atom stereocenters. The highest BCUT2D eigenvalue weighted by Crippen LogP contribution is 2.13. The van der Waals surface area contributed by atoms with Crippen LogP contribution in [0.1, 0.15) is 28.7 Å². The van der Waals surface area contributed by atoms with Crippen molar-refractivity contribution in [3.63, 3.8) is 0 Å². The first-order valence-corrected chi connectivity index (χ1v) is 8.02. The quantitative estimate of drug-likeness (QED) is 0.481. The molecular weight excluding hydrogens is 304 g/mol. The molecule has 5 nitrogen and oxygen atoms in total. The van der Waals surface area contributed by atoms with Gasteiger partial charge in [-0.2, -0.15) is 0 Å². The normalized spacial score (nSPS) is 10.4. The molecule has 0 aromatic heterocycles. The van der Waals surface area contributed by atoms with Gasteiger partial charge in [-0.15, -0.1) is 0 Å². The monoisotopic (exact) mass is 326 g/mol. The van der Waals surface area contributed by atoms with Crippen LogP contribution in [-0.2, 0) is 17.6 Å². The molecule has 2 aromatic carbocycles. The molecule has 0 unspecified atom stereocenters. The predicted octanol–water partition coefficient (Wildman–Crippen LogP) is 3.50. The number of nitro groups is 1. The minimum absolute atomic E-state index is 0.0348. The van der Waals surface area contributed by atoms with E-state index in [1.54, 1.807) is 12.1 Å². The van der Waals surface area contributed by atoms with E-state index in [1.165, 1.54) is 28.8 Å². The summed E-state index contributed by atoms with van der Waals surface area (Å²) in [7, 11) is 0. The Bertz CT molecular complexity index is 724. The summed E-state index contributed by atoms with van der Waals surface area (Å²) >= 11 is 0. The number of amides is 1. The molecule has 0 heterocycles. The maximum atomic E-state index is 11.9. The second-order valence-electron chi connectivity index (χ2n) is 5.98. The lowest BCUT2D eigenvalue weighted by molar-refractivity contribution is -0.384. The van der Waals surface area contributed by atoms with E-state index in [0.717, 1.165) is 18.4 Å². The van der Waals surface area contributed by atoms with Gasteiger partial charge >= 0.3 is 0 Å². The molecule has 0 aliphatic rings. The minimum atomic E-state index is -0.448. The molecule has 24 heavy (non-hydrogen) atoms. The first-order chi connectivity index (χ1) is 11.5. The number of non-ortho nitro benzene ring substituents is 1. The highest BCUT2D eigenvalue weighted by Gasteiger charge is 2.07. The highest BCUT2D eigenvalue weighted by molar-refractivity contribution is 5.78. The summed E-state index contributed by atoms with van der Waals surface area (Å²) in [5.74, 6) is -0.0653. The molecule has 0 bridgehead atoms. The molecule has 2 rings (SSSR count). The average Bonchev–Trinajstić information content (AvgIpc) is 2.53. The molecule has 1 amide bonds. The molecule has 2 aromatic rings. The average molecular weight is 326 g/mol. The fraction of sp³-hybridized carbons (Fsp3) is 0.316. The predicted molar refractivity (Wildman–Crippen MR) is 94.0 cm³/mol. The molecule has 1 N–H and O–H groups in total. The zero-order chi connectivity index (χ0) is 17.5. The fourth-order valence-electron chi connectivity index (χ4n) is 2.62. The molecule has 0 radical (unpaired) electrons. The van der Waals surface area contributed by atoms with Crippen molar-refractivity contribution in [2.24, 2.45) is 0 Å². The summed E-state index contributed by atoms with van der Waals surface area (Å²) in [4.78, 5) is 22.1. The fourth-order valence-corrected chi connectivity index (χ4v) is 2.62. The van der Waals surface area contributed by atoms with E-state index in [0.29, 0.717) is 6.54 Å². The Hall–Kier alpha value is -2.69. The van der Waals surface area contributed by atoms with Gasteiger partial charge in [0.05, 0.1) is 11.3 Å². The molecule has 0 aliphatic heterocycles. The van der Waals surface area contributed by atoms with Crippen LogP contribution in [0.2, 0.25) is 0 Å². The number of benzene rings is 2. The first-order valence-electron chi connectivity index (χ1n) is 8.02. The van der Waals surface area contributed by atoms with Crippen molar-refractivity contribution in [1.82, 2.24) is 5.32 Å². The number of aryl methyl sites for hydroxylation is 3. The van der Waals surface area contributed by atoms with E-state index >= 15 is 0 Å². The second-order valence-corrected chi connectivity index (χ2v) is 5.98. The Morgan fingerprint density at radius 1 is 1.12 bits per heavy atom. The van der Waals surface area contributed by atoms with Crippen molar-refractivity contribution in [1.29, 1.82) is 0 Å². The van der Waals surface area contributed by atoms with E-state index in [1.807, 2.05) is 0 Å². The van der Waals surface area contributed by atoms with Crippen molar-refractivity contribution < 1.29 is 9.72 Å². The second kappa shape index (κ2) is 8.24. The van der Waals surface area contributed by atoms with Crippen LogP contribution in [0.25, 0.3) is 0 Å². The summed E-state index contributed by atoms with van der Waals surface area (Å²) in [6, 6.07) is 12.5. The summed E-state index contributed by atoms with van der Waals surface area (Å²) in [6.45, 7) is 4.81. The van der Waals surface area contributed by atoms with Crippen LogP contribution in [-0.4, -0.2) is 17.4 Å². The number of carbonyl (C=O) groups excluding carboxylic acids is 1. The van der Waals surface area contributed by atoms with Gasteiger partial charge < -0.3 is 5.32 Å². The number of hydrogen-bond donors (Lipinski definition) is 1. The van der Waals surface area contributed by atoms with Gasteiger partial charge in [0.2, 0.25) is 5.91 Å². The van der Waals surface area contributed by atoms with E-state index in [9.17, 15) is 14.9 Å². The molecular formula is C19H22N2O3. The lowest BCUT2D eigenvalue weighted by Gasteiger charge is -2.08. The number of nitrogens with zero attached hydrogens (tertiary/aromatic N) is 1. The zero-order valence-corrected chi connectivity index (χ0v) is 14.0. The number of rotatable bonds is 7. The van der Waals surface area contributed by atoms with Crippen molar-refractivity contribution in [3.8, 4) is 0 Å². The third kappa shape index (κ3) is 5.19. The van der Waals surface area contributed by atoms with Crippen LogP contribution >= 0.6 is 0 Å². The number of carbonyl (C=O) groups is 1. The summed E-state index contributed by atoms with van der Waals surface area (Å²) in [6.07, 6.45) is 2.06. The Kier molecular flexibility index (Phi) is 6.07. The summed E-state index contributed by atoms with van der Waals surface area (Å²) in [5, 5.41) is 13.5. The van der Waals surface area contributed by atoms with Crippen molar-refractivity contribution in [2.75, 3.05) is 6.54 Å². The minimum Gasteiger partial charge on any atom is -0.356 e. The van der Waals surface area contributed by atoms with Crippen LogP contribution in [0.5, 0.6) is 0 Å². The molecule has 0 saturated heterocycles. The Morgan fingerprint density at radius 2 is 1.83 bits per heavy atom. The topological polar surface area (TPSA) is 72.2 Å². The number of hydrogen-bond acceptors (Lipinski definition) is 3. The third-order valence-corrected chi connectivity index (χ3v) is 3.95. The van der Waals surface area contributed by atoms with Crippen molar-refractivity contribution in [3.05, 3.63) is 74.8 Å². The highest BCUT2D eigenvalue weighted by atomic mass is 16.6. The van der Waals surface area contributed by atoms with Gasteiger partial charge in [-0.3, -0.25) is 14.9 Å².